The van der Waals surface area contributed by atoms with Gasteiger partial charge in [0.15, 0.2) is 11.6 Å². The normalized spacial score (nSPS) is 13.8. The zero-order valence-electron chi connectivity index (χ0n) is 16.2. The number of carbonyl (C=O) groups is 1. The number of methoxy groups -OCH3 is 1. The van der Waals surface area contributed by atoms with Crippen molar-refractivity contribution in [1.29, 1.82) is 0 Å². The molecular weight excluding hydrogens is 368 g/mol. The summed E-state index contributed by atoms with van der Waals surface area (Å²) in [5.74, 6) is 2.18. The highest BCUT2D eigenvalue weighted by atomic mass is 16.5. The van der Waals surface area contributed by atoms with E-state index in [1.165, 1.54) is 0 Å². The second kappa shape index (κ2) is 8.55. The van der Waals surface area contributed by atoms with Crippen LogP contribution < -0.4 is 15.0 Å². The lowest BCUT2D eigenvalue weighted by Crippen LogP contribution is -2.49. The molecule has 1 aliphatic rings. The molecule has 148 valence electrons. The lowest BCUT2D eigenvalue weighted by molar-refractivity contribution is 0.0746. The number of carbonyl (C=O) groups excluding carboxylic acids is 1. The van der Waals surface area contributed by atoms with Gasteiger partial charge >= 0.3 is 0 Å². The van der Waals surface area contributed by atoms with Crippen LogP contribution in [0, 0.1) is 0 Å². The first-order chi connectivity index (χ1) is 14.2. The molecule has 1 fully saturated rings. The Morgan fingerprint density at radius 1 is 1.00 bits per heavy atom. The molecule has 0 unspecified atom stereocenters. The summed E-state index contributed by atoms with van der Waals surface area (Å²) in [6.45, 7) is 2.69. The molecule has 0 atom stereocenters. The highest BCUT2D eigenvalue weighted by molar-refractivity contribution is 5.94. The quantitative estimate of drug-likeness (QED) is 0.717. The fourth-order valence-corrected chi connectivity index (χ4v) is 3.22. The van der Waals surface area contributed by atoms with E-state index in [9.17, 15) is 4.79 Å². The first-order valence-corrected chi connectivity index (χ1v) is 9.42. The third-order valence-electron chi connectivity index (χ3n) is 4.81. The van der Waals surface area contributed by atoms with E-state index in [0.29, 0.717) is 43.3 Å². The first-order valence-electron chi connectivity index (χ1n) is 9.42. The van der Waals surface area contributed by atoms with Gasteiger partial charge in [-0.05, 0) is 42.5 Å². The number of hydrogen-bond donors (Lipinski definition) is 1. The molecule has 1 N–H and O–H groups in total. The topological polar surface area (TPSA) is 83.5 Å². The van der Waals surface area contributed by atoms with Crippen molar-refractivity contribution in [2.24, 2.45) is 0 Å². The number of pyridine rings is 1. The summed E-state index contributed by atoms with van der Waals surface area (Å²) < 4.78 is 5.21. The van der Waals surface area contributed by atoms with Crippen LogP contribution in [-0.2, 0) is 0 Å². The molecule has 0 spiro atoms. The third-order valence-corrected chi connectivity index (χ3v) is 4.81. The van der Waals surface area contributed by atoms with E-state index in [1.807, 2.05) is 47.4 Å². The van der Waals surface area contributed by atoms with Crippen LogP contribution in [0.1, 0.15) is 10.4 Å². The molecule has 0 radical (unpaired) electrons. The van der Waals surface area contributed by atoms with E-state index in [1.54, 1.807) is 25.6 Å². The predicted octanol–water partition coefficient (Wildman–Crippen LogP) is 2.59. The van der Waals surface area contributed by atoms with Crippen LogP contribution in [-0.4, -0.2) is 59.3 Å². The molecule has 2 aromatic heterocycles. The SMILES string of the molecule is COc1cccc(C(=O)N2CCN(c3ccc(Nc4ccncc4)nn3)CC2)c1. The molecule has 1 amide bonds. The van der Waals surface area contributed by atoms with Crippen LogP contribution >= 0.6 is 0 Å². The highest BCUT2D eigenvalue weighted by Gasteiger charge is 2.23. The van der Waals surface area contributed by atoms with Crippen molar-refractivity contribution in [3.8, 4) is 5.75 Å². The molecule has 4 rings (SSSR count). The highest BCUT2D eigenvalue weighted by Crippen LogP contribution is 2.19. The molecule has 1 saturated heterocycles. The second-order valence-corrected chi connectivity index (χ2v) is 6.65. The van der Waals surface area contributed by atoms with Gasteiger partial charge in [0.1, 0.15) is 5.75 Å². The van der Waals surface area contributed by atoms with Crippen molar-refractivity contribution in [3.63, 3.8) is 0 Å². The monoisotopic (exact) mass is 390 g/mol. The number of rotatable bonds is 5. The number of anilines is 3. The Morgan fingerprint density at radius 2 is 1.79 bits per heavy atom. The Labute approximate surface area is 169 Å². The van der Waals surface area contributed by atoms with Crippen LogP contribution in [0.25, 0.3) is 0 Å². The fourth-order valence-electron chi connectivity index (χ4n) is 3.22. The standard InChI is InChI=1S/C21H22N6O2/c1-29-18-4-2-3-16(15-18)21(28)27-13-11-26(12-14-27)20-6-5-19(24-25-20)23-17-7-9-22-10-8-17/h2-10,15H,11-14H2,1H3,(H,22,23,24). The Balaban J connectivity index is 1.35. The molecule has 0 bridgehead atoms. The molecular formula is C21H22N6O2. The zero-order chi connectivity index (χ0) is 20.1. The van der Waals surface area contributed by atoms with E-state index in [4.69, 9.17) is 4.74 Å². The van der Waals surface area contributed by atoms with Crippen LogP contribution in [0.3, 0.4) is 0 Å². The number of amides is 1. The average Bonchev–Trinajstić information content (AvgIpc) is 2.80. The third kappa shape index (κ3) is 4.43. The molecule has 8 heteroatoms. The van der Waals surface area contributed by atoms with E-state index in [-0.39, 0.29) is 5.91 Å². The Bertz CT molecular complexity index is 956. The van der Waals surface area contributed by atoms with E-state index in [2.05, 4.69) is 25.4 Å². The smallest absolute Gasteiger partial charge is 0.254 e. The number of benzene rings is 1. The van der Waals surface area contributed by atoms with Crippen LogP contribution in [0.5, 0.6) is 5.75 Å². The molecule has 1 aromatic carbocycles. The molecule has 0 saturated carbocycles. The summed E-state index contributed by atoms with van der Waals surface area (Å²) in [4.78, 5) is 20.7. The van der Waals surface area contributed by atoms with Gasteiger partial charge in [-0.25, -0.2) is 0 Å². The van der Waals surface area contributed by atoms with Crippen LogP contribution in [0.4, 0.5) is 17.3 Å². The van der Waals surface area contributed by atoms with Crippen LogP contribution in [0.15, 0.2) is 60.9 Å². The van der Waals surface area contributed by atoms with Crippen molar-refractivity contribution in [2.75, 3.05) is 43.5 Å². The molecule has 3 heterocycles. The summed E-state index contributed by atoms with van der Waals surface area (Å²) in [7, 11) is 1.60. The Hall–Kier alpha value is -3.68. The van der Waals surface area contributed by atoms with Gasteiger partial charge in [0.2, 0.25) is 0 Å². The maximum atomic E-state index is 12.7. The van der Waals surface area contributed by atoms with Crippen molar-refractivity contribution in [3.05, 3.63) is 66.5 Å². The first kappa shape index (κ1) is 18.7. The van der Waals surface area contributed by atoms with Gasteiger partial charge in [-0.15, -0.1) is 10.2 Å². The minimum Gasteiger partial charge on any atom is -0.497 e. The summed E-state index contributed by atoms with van der Waals surface area (Å²) in [5.41, 5.74) is 1.55. The van der Waals surface area contributed by atoms with Crippen molar-refractivity contribution in [1.82, 2.24) is 20.1 Å². The zero-order valence-corrected chi connectivity index (χ0v) is 16.2. The van der Waals surface area contributed by atoms with Gasteiger partial charge in [0.05, 0.1) is 7.11 Å². The van der Waals surface area contributed by atoms with Gasteiger partial charge < -0.3 is 19.9 Å². The van der Waals surface area contributed by atoms with Gasteiger partial charge in [-0.3, -0.25) is 9.78 Å². The van der Waals surface area contributed by atoms with Gasteiger partial charge in [0, 0.05) is 49.8 Å². The molecule has 8 nitrogen and oxygen atoms in total. The molecule has 3 aromatic rings. The molecule has 0 aliphatic carbocycles. The number of nitrogens with zero attached hydrogens (tertiary/aromatic N) is 5. The fraction of sp³-hybridized carbons (Fsp3) is 0.238. The number of ether oxygens (including phenoxy) is 1. The lowest BCUT2D eigenvalue weighted by Gasteiger charge is -2.35. The van der Waals surface area contributed by atoms with E-state index >= 15 is 0 Å². The Kier molecular flexibility index (Phi) is 5.51. The second-order valence-electron chi connectivity index (χ2n) is 6.65. The lowest BCUT2D eigenvalue weighted by atomic mass is 10.1. The summed E-state index contributed by atoms with van der Waals surface area (Å²) in [5, 5.41) is 11.8. The number of nitrogens with one attached hydrogen (secondary N) is 1. The van der Waals surface area contributed by atoms with Crippen LogP contribution in [0.2, 0.25) is 0 Å². The average molecular weight is 390 g/mol. The molecule has 1 aliphatic heterocycles. The largest absolute Gasteiger partial charge is 0.497 e. The van der Waals surface area contributed by atoms with E-state index in [0.717, 1.165) is 11.5 Å². The maximum absolute atomic E-state index is 12.7. The van der Waals surface area contributed by atoms with Gasteiger partial charge in [-0.2, -0.15) is 0 Å². The van der Waals surface area contributed by atoms with Gasteiger partial charge in [0.25, 0.3) is 5.91 Å². The number of aromatic nitrogens is 3. The predicted molar refractivity (Wildman–Crippen MR) is 111 cm³/mol. The number of piperazine rings is 1. The van der Waals surface area contributed by atoms with Crippen molar-refractivity contribution in [2.45, 2.75) is 0 Å². The Morgan fingerprint density at radius 3 is 2.48 bits per heavy atom. The summed E-state index contributed by atoms with van der Waals surface area (Å²) in [6, 6.07) is 14.8. The minimum atomic E-state index is 0.0199. The van der Waals surface area contributed by atoms with Crippen molar-refractivity contribution >= 4 is 23.2 Å². The van der Waals surface area contributed by atoms with Gasteiger partial charge in [-0.1, -0.05) is 6.07 Å². The molecule has 29 heavy (non-hydrogen) atoms. The van der Waals surface area contributed by atoms with Crippen molar-refractivity contribution < 1.29 is 9.53 Å². The maximum Gasteiger partial charge on any atom is 0.254 e. The van der Waals surface area contributed by atoms with E-state index < -0.39 is 0 Å². The summed E-state index contributed by atoms with van der Waals surface area (Å²) in [6.07, 6.45) is 3.44. The minimum absolute atomic E-state index is 0.0199. The number of hydrogen-bond acceptors (Lipinski definition) is 7. The summed E-state index contributed by atoms with van der Waals surface area (Å²) >= 11 is 0.